The first-order chi connectivity index (χ1) is 6.13. The van der Waals surface area contributed by atoms with Crippen LogP contribution in [-0.2, 0) is 7.05 Å². The molecule has 0 aliphatic rings. The van der Waals surface area contributed by atoms with Gasteiger partial charge >= 0.3 is 0 Å². The maximum atomic E-state index is 9.43. The molecule has 3 N–H and O–H groups in total. The Hall–Kier alpha value is -1.84. The predicted octanol–water partition coefficient (Wildman–Crippen LogP) is 1.30. The van der Waals surface area contributed by atoms with Crippen molar-refractivity contribution >= 4 is 10.9 Å². The monoisotopic (exact) mass is 179 g/mol. The van der Waals surface area contributed by atoms with Gasteiger partial charge in [0.25, 0.3) is 0 Å². The van der Waals surface area contributed by atoms with Crippen molar-refractivity contribution in [1.82, 2.24) is 4.57 Å². The molecular formula is C9H9NO3. The third kappa shape index (κ3) is 0.853. The number of benzene rings is 1. The van der Waals surface area contributed by atoms with Crippen molar-refractivity contribution in [2.75, 3.05) is 0 Å². The Morgan fingerprint density at radius 2 is 1.85 bits per heavy atom. The number of aromatic nitrogens is 1. The van der Waals surface area contributed by atoms with Crippen molar-refractivity contribution in [3.63, 3.8) is 0 Å². The van der Waals surface area contributed by atoms with E-state index in [1.807, 2.05) is 0 Å². The predicted molar refractivity (Wildman–Crippen MR) is 47.9 cm³/mol. The first kappa shape index (κ1) is 7.79. The van der Waals surface area contributed by atoms with Gasteiger partial charge in [0.15, 0.2) is 5.75 Å². The van der Waals surface area contributed by atoms with Crippen LogP contribution in [0.4, 0.5) is 0 Å². The van der Waals surface area contributed by atoms with Gasteiger partial charge in [0.1, 0.15) is 5.75 Å². The molecule has 0 saturated heterocycles. The average molecular weight is 179 g/mol. The minimum atomic E-state index is -0.282. The standard InChI is InChI=1S/C9H9NO3/c1-10-5-3-2-4-6(11)7(5)8(12)9(10)13/h2-4,11-13H,1H3. The molecule has 1 aromatic carbocycles. The molecule has 0 saturated carbocycles. The van der Waals surface area contributed by atoms with Crippen LogP contribution >= 0.6 is 0 Å². The van der Waals surface area contributed by atoms with Gasteiger partial charge in [-0.15, -0.1) is 0 Å². The largest absolute Gasteiger partial charge is 0.507 e. The molecule has 4 heteroatoms. The van der Waals surface area contributed by atoms with Gasteiger partial charge in [-0.25, -0.2) is 0 Å². The molecule has 68 valence electrons. The van der Waals surface area contributed by atoms with Crippen LogP contribution in [0.5, 0.6) is 17.4 Å². The van der Waals surface area contributed by atoms with Gasteiger partial charge in [-0.1, -0.05) is 6.07 Å². The van der Waals surface area contributed by atoms with Gasteiger partial charge in [0.2, 0.25) is 5.88 Å². The molecule has 0 atom stereocenters. The van der Waals surface area contributed by atoms with Crippen LogP contribution in [0.2, 0.25) is 0 Å². The molecule has 4 nitrogen and oxygen atoms in total. The lowest BCUT2D eigenvalue weighted by Gasteiger charge is -1.96. The number of phenols is 1. The summed E-state index contributed by atoms with van der Waals surface area (Å²) in [5.41, 5.74) is 0.593. The minimum Gasteiger partial charge on any atom is -0.507 e. The zero-order valence-corrected chi connectivity index (χ0v) is 7.02. The van der Waals surface area contributed by atoms with E-state index in [-0.39, 0.29) is 22.8 Å². The summed E-state index contributed by atoms with van der Waals surface area (Å²) in [5, 5.41) is 28.5. The van der Waals surface area contributed by atoms with Crippen LogP contribution in [0, 0.1) is 0 Å². The molecule has 0 unspecified atom stereocenters. The summed E-state index contributed by atoms with van der Waals surface area (Å²) in [7, 11) is 1.61. The van der Waals surface area contributed by atoms with E-state index in [9.17, 15) is 15.3 Å². The first-order valence-electron chi connectivity index (χ1n) is 3.81. The number of hydrogen-bond acceptors (Lipinski definition) is 3. The molecule has 1 heterocycles. The van der Waals surface area contributed by atoms with Crippen molar-refractivity contribution in [2.24, 2.45) is 7.05 Å². The van der Waals surface area contributed by atoms with Crippen molar-refractivity contribution in [3.8, 4) is 17.4 Å². The lowest BCUT2D eigenvalue weighted by molar-refractivity contribution is 0.382. The van der Waals surface area contributed by atoms with Gasteiger partial charge in [-0.2, -0.15) is 0 Å². The van der Waals surface area contributed by atoms with Crippen LogP contribution in [-0.4, -0.2) is 19.9 Å². The van der Waals surface area contributed by atoms with Crippen LogP contribution in [0.1, 0.15) is 0 Å². The molecule has 0 aliphatic heterocycles. The number of fused-ring (bicyclic) bond motifs is 1. The van der Waals surface area contributed by atoms with Crippen LogP contribution < -0.4 is 0 Å². The Balaban J connectivity index is 3.03. The topological polar surface area (TPSA) is 65.6 Å². The fourth-order valence-electron chi connectivity index (χ4n) is 1.44. The van der Waals surface area contributed by atoms with Gasteiger partial charge < -0.3 is 19.9 Å². The third-order valence-electron chi connectivity index (χ3n) is 2.15. The molecule has 1 aromatic heterocycles. The van der Waals surface area contributed by atoms with Crippen LogP contribution in [0.3, 0.4) is 0 Å². The van der Waals surface area contributed by atoms with E-state index < -0.39 is 0 Å². The number of aromatic hydroxyl groups is 3. The van der Waals surface area contributed by atoms with Gasteiger partial charge in [-0.05, 0) is 12.1 Å². The lowest BCUT2D eigenvalue weighted by Crippen LogP contribution is -1.84. The Kier molecular flexibility index (Phi) is 1.39. The maximum Gasteiger partial charge on any atom is 0.235 e. The number of phenolic OH excluding ortho intramolecular Hbond substituents is 1. The zero-order valence-electron chi connectivity index (χ0n) is 7.02. The number of nitrogens with zero attached hydrogens (tertiary/aromatic N) is 1. The molecule has 0 fully saturated rings. The summed E-state index contributed by atoms with van der Waals surface area (Å²) >= 11 is 0. The van der Waals surface area contributed by atoms with Crippen molar-refractivity contribution in [2.45, 2.75) is 0 Å². The summed E-state index contributed by atoms with van der Waals surface area (Å²) in [6.45, 7) is 0. The van der Waals surface area contributed by atoms with E-state index in [1.54, 1.807) is 19.2 Å². The van der Waals surface area contributed by atoms with Crippen molar-refractivity contribution < 1.29 is 15.3 Å². The average Bonchev–Trinajstić information content (AvgIpc) is 2.33. The second kappa shape index (κ2) is 2.32. The van der Waals surface area contributed by atoms with Gasteiger partial charge in [-0.3, -0.25) is 0 Å². The van der Waals surface area contributed by atoms with E-state index in [0.717, 1.165) is 0 Å². The maximum absolute atomic E-state index is 9.43. The summed E-state index contributed by atoms with van der Waals surface area (Å²) in [6.07, 6.45) is 0. The summed E-state index contributed by atoms with van der Waals surface area (Å²) < 4.78 is 1.41. The fourth-order valence-corrected chi connectivity index (χ4v) is 1.44. The molecule has 0 radical (unpaired) electrons. The molecule has 0 bridgehead atoms. The van der Waals surface area contributed by atoms with E-state index in [1.165, 1.54) is 10.6 Å². The molecule has 0 aliphatic carbocycles. The molecule has 2 aromatic rings. The molecule has 13 heavy (non-hydrogen) atoms. The summed E-state index contributed by atoms with van der Waals surface area (Å²) in [4.78, 5) is 0. The zero-order chi connectivity index (χ0) is 9.59. The lowest BCUT2D eigenvalue weighted by atomic mass is 10.2. The Morgan fingerprint density at radius 1 is 1.15 bits per heavy atom. The first-order valence-corrected chi connectivity index (χ1v) is 3.81. The second-order valence-electron chi connectivity index (χ2n) is 2.90. The molecule has 0 spiro atoms. The molecule has 0 amide bonds. The smallest absolute Gasteiger partial charge is 0.235 e. The Bertz CT molecular complexity index is 473. The normalized spacial score (nSPS) is 10.8. The summed E-state index contributed by atoms with van der Waals surface area (Å²) in [5.74, 6) is -0.557. The highest BCUT2D eigenvalue weighted by molar-refractivity contribution is 5.94. The summed E-state index contributed by atoms with van der Waals surface area (Å²) in [6, 6.07) is 4.81. The van der Waals surface area contributed by atoms with Gasteiger partial charge in [0.05, 0.1) is 10.9 Å². The van der Waals surface area contributed by atoms with E-state index in [0.29, 0.717) is 5.52 Å². The fraction of sp³-hybridized carbons (Fsp3) is 0.111. The van der Waals surface area contributed by atoms with E-state index in [2.05, 4.69) is 0 Å². The molecular weight excluding hydrogens is 170 g/mol. The SMILES string of the molecule is Cn1c(O)c(O)c2c(O)cccc21. The van der Waals surface area contributed by atoms with E-state index >= 15 is 0 Å². The van der Waals surface area contributed by atoms with Crippen LogP contribution in [0.15, 0.2) is 18.2 Å². The number of aryl methyl sites for hydroxylation is 1. The highest BCUT2D eigenvalue weighted by Gasteiger charge is 2.15. The minimum absolute atomic E-state index is 0.0362. The Morgan fingerprint density at radius 3 is 2.46 bits per heavy atom. The number of rotatable bonds is 0. The van der Waals surface area contributed by atoms with Crippen LogP contribution in [0.25, 0.3) is 10.9 Å². The van der Waals surface area contributed by atoms with Crippen molar-refractivity contribution in [3.05, 3.63) is 18.2 Å². The van der Waals surface area contributed by atoms with E-state index in [4.69, 9.17) is 0 Å². The molecule has 2 rings (SSSR count). The Labute approximate surface area is 74.3 Å². The highest BCUT2D eigenvalue weighted by Crippen LogP contribution is 2.40. The second-order valence-corrected chi connectivity index (χ2v) is 2.90. The quantitative estimate of drug-likeness (QED) is 0.571. The highest BCUT2D eigenvalue weighted by atomic mass is 16.3. The van der Waals surface area contributed by atoms with Crippen molar-refractivity contribution in [1.29, 1.82) is 0 Å². The number of hydrogen-bond donors (Lipinski definition) is 3. The van der Waals surface area contributed by atoms with Gasteiger partial charge in [0, 0.05) is 7.05 Å². The third-order valence-corrected chi connectivity index (χ3v) is 2.15.